The van der Waals surface area contributed by atoms with E-state index in [1.54, 1.807) is 7.11 Å². The molecule has 2 aromatic carbocycles. The minimum Gasteiger partial charge on any atom is -0.373 e. The highest BCUT2D eigenvalue weighted by Gasteiger charge is 2.31. The molecule has 1 aliphatic carbocycles. The fraction of sp³-hybridized carbons (Fsp3) is 0.214. The topological polar surface area (TPSA) is 26.3 Å². The number of fused-ring (bicyclic) bond motifs is 3. The molecule has 0 N–H and O–H groups in total. The monoisotopic (exact) mass is 212 g/mol. The predicted octanol–water partition coefficient (Wildman–Crippen LogP) is 2.59. The van der Waals surface area contributed by atoms with Gasteiger partial charge in [0, 0.05) is 19.1 Å². The summed E-state index contributed by atoms with van der Waals surface area (Å²) in [6, 6.07) is 12.1. The summed E-state index contributed by atoms with van der Waals surface area (Å²) in [7, 11) is 1.59. The molecular weight excluding hydrogens is 200 g/mol. The lowest BCUT2D eigenvalue weighted by molar-refractivity contribution is 0.0648. The Hall–Kier alpha value is -1.67. The highest BCUT2D eigenvalue weighted by molar-refractivity contribution is 6.13. The molecule has 0 fully saturated rings. The van der Waals surface area contributed by atoms with Gasteiger partial charge < -0.3 is 4.74 Å². The third kappa shape index (κ3) is 1.20. The highest BCUT2D eigenvalue weighted by Crippen LogP contribution is 2.30. The number of Topliss-reactive ketones (excluding diaryl/α,β-unsaturated/α-hetero) is 1. The summed E-state index contributed by atoms with van der Waals surface area (Å²) < 4.78 is 5.21. The molecule has 3 rings (SSSR count). The predicted molar refractivity (Wildman–Crippen MR) is 62.8 cm³/mol. The van der Waals surface area contributed by atoms with Crippen molar-refractivity contribution in [2.75, 3.05) is 7.11 Å². The summed E-state index contributed by atoms with van der Waals surface area (Å²) >= 11 is 0. The lowest BCUT2D eigenvalue weighted by atomic mass is 10.0. The van der Waals surface area contributed by atoms with Crippen molar-refractivity contribution < 1.29 is 9.53 Å². The van der Waals surface area contributed by atoms with E-state index in [0.29, 0.717) is 6.42 Å². The Morgan fingerprint density at radius 1 is 1.19 bits per heavy atom. The van der Waals surface area contributed by atoms with Gasteiger partial charge in [-0.05, 0) is 16.3 Å². The van der Waals surface area contributed by atoms with Crippen molar-refractivity contribution in [3.63, 3.8) is 0 Å². The first-order chi connectivity index (χ1) is 7.81. The minimum absolute atomic E-state index is 0.120. The Balaban J connectivity index is 2.30. The number of rotatable bonds is 1. The van der Waals surface area contributed by atoms with E-state index >= 15 is 0 Å². The molecule has 0 radical (unpaired) electrons. The van der Waals surface area contributed by atoms with Gasteiger partial charge in [-0.15, -0.1) is 0 Å². The molecule has 80 valence electrons. The number of ketones is 1. The first kappa shape index (κ1) is 9.55. The van der Waals surface area contributed by atoms with Crippen LogP contribution in [-0.4, -0.2) is 19.0 Å². The normalized spacial score (nSPS) is 19.1. The lowest BCUT2D eigenvalue weighted by Gasteiger charge is -2.04. The third-order valence-electron chi connectivity index (χ3n) is 3.24. The van der Waals surface area contributed by atoms with Crippen molar-refractivity contribution in [3.8, 4) is 0 Å². The summed E-state index contributed by atoms with van der Waals surface area (Å²) in [6.45, 7) is 0. The number of benzene rings is 2. The molecule has 0 saturated carbocycles. The molecular formula is C14H12O2. The molecule has 0 aliphatic heterocycles. The fourth-order valence-corrected chi connectivity index (χ4v) is 2.42. The molecule has 0 heterocycles. The van der Waals surface area contributed by atoms with Crippen molar-refractivity contribution in [2.24, 2.45) is 0 Å². The first-order valence-electron chi connectivity index (χ1n) is 5.39. The van der Waals surface area contributed by atoms with Crippen LogP contribution in [0.5, 0.6) is 0 Å². The summed E-state index contributed by atoms with van der Waals surface area (Å²) in [6.07, 6.45) is 0.413. The molecule has 0 aromatic heterocycles. The van der Waals surface area contributed by atoms with Crippen molar-refractivity contribution in [1.82, 2.24) is 0 Å². The number of carbonyl (C=O) groups excluding carboxylic acids is 1. The molecule has 16 heavy (non-hydrogen) atoms. The largest absolute Gasteiger partial charge is 0.373 e. The standard InChI is InChI=1S/C14H12O2/c1-16-12-8-10-7-6-9-4-2-3-5-11(9)13(10)14(12)15/h2-7,12H,8H2,1H3/t12-/m0/s1. The van der Waals surface area contributed by atoms with E-state index < -0.39 is 0 Å². The van der Waals surface area contributed by atoms with Gasteiger partial charge in [0.2, 0.25) is 0 Å². The van der Waals surface area contributed by atoms with Gasteiger partial charge in [0.1, 0.15) is 6.10 Å². The summed E-state index contributed by atoms with van der Waals surface area (Å²) in [5, 5.41) is 2.16. The maximum Gasteiger partial charge on any atom is 0.192 e. The van der Waals surface area contributed by atoms with Gasteiger partial charge in [-0.1, -0.05) is 36.4 Å². The van der Waals surface area contributed by atoms with E-state index in [1.807, 2.05) is 30.3 Å². The second kappa shape index (κ2) is 3.42. The highest BCUT2D eigenvalue weighted by atomic mass is 16.5. The van der Waals surface area contributed by atoms with E-state index in [2.05, 4.69) is 6.07 Å². The Labute approximate surface area is 93.8 Å². The quantitative estimate of drug-likeness (QED) is 0.726. The number of ether oxygens (including phenoxy) is 1. The van der Waals surface area contributed by atoms with Crippen molar-refractivity contribution in [3.05, 3.63) is 47.5 Å². The van der Waals surface area contributed by atoms with Gasteiger partial charge >= 0.3 is 0 Å². The van der Waals surface area contributed by atoms with Crippen molar-refractivity contribution >= 4 is 16.6 Å². The van der Waals surface area contributed by atoms with E-state index in [1.165, 1.54) is 0 Å². The van der Waals surface area contributed by atoms with Crippen LogP contribution in [0, 0.1) is 0 Å². The van der Waals surface area contributed by atoms with E-state index in [-0.39, 0.29) is 11.9 Å². The van der Waals surface area contributed by atoms with Crippen LogP contribution in [0.2, 0.25) is 0 Å². The van der Waals surface area contributed by atoms with Crippen LogP contribution in [0.1, 0.15) is 15.9 Å². The number of hydrogen-bond acceptors (Lipinski definition) is 2. The summed E-state index contributed by atoms with van der Waals surface area (Å²) in [4.78, 5) is 12.1. The number of carbonyl (C=O) groups is 1. The van der Waals surface area contributed by atoms with E-state index in [4.69, 9.17) is 4.74 Å². The van der Waals surface area contributed by atoms with Crippen molar-refractivity contribution in [1.29, 1.82) is 0 Å². The maximum atomic E-state index is 12.1. The fourth-order valence-electron chi connectivity index (χ4n) is 2.42. The van der Waals surface area contributed by atoms with Crippen molar-refractivity contribution in [2.45, 2.75) is 12.5 Å². The third-order valence-corrected chi connectivity index (χ3v) is 3.24. The maximum absolute atomic E-state index is 12.1. The average Bonchev–Trinajstić information content (AvgIpc) is 2.66. The van der Waals surface area contributed by atoms with Gasteiger partial charge in [-0.3, -0.25) is 4.79 Å². The Bertz CT molecular complexity index is 572. The summed E-state index contributed by atoms with van der Waals surface area (Å²) in [5.41, 5.74) is 1.96. The molecule has 2 aromatic rings. The average molecular weight is 212 g/mol. The Kier molecular flexibility index (Phi) is 2.04. The zero-order valence-electron chi connectivity index (χ0n) is 9.07. The molecule has 0 bridgehead atoms. The summed E-state index contributed by atoms with van der Waals surface area (Å²) in [5.74, 6) is 0.120. The van der Waals surface area contributed by atoms with Crippen LogP contribution < -0.4 is 0 Å². The molecule has 2 nitrogen and oxygen atoms in total. The molecule has 0 unspecified atom stereocenters. The minimum atomic E-state index is -0.291. The van der Waals surface area contributed by atoms with Gasteiger partial charge in [-0.2, -0.15) is 0 Å². The lowest BCUT2D eigenvalue weighted by Crippen LogP contribution is -2.17. The van der Waals surface area contributed by atoms with Crippen LogP contribution >= 0.6 is 0 Å². The van der Waals surface area contributed by atoms with Crippen LogP contribution in [0.15, 0.2) is 36.4 Å². The first-order valence-corrected chi connectivity index (χ1v) is 5.39. The molecule has 0 amide bonds. The molecule has 1 atom stereocenters. The van der Waals surface area contributed by atoms with Gasteiger partial charge in [0.25, 0.3) is 0 Å². The van der Waals surface area contributed by atoms with E-state index in [0.717, 1.165) is 21.9 Å². The van der Waals surface area contributed by atoms with Crippen LogP contribution in [0.4, 0.5) is 0 Å². The Morgan fingerprint density at radius 2 is 2.00 bits per heavy atom. The number of hydrogen-bond donors (Lipinski definition) is 0. The second-order valence-corrected chi connectivity index (χ2v) is 4.11. The van der Waals surface area contributed by atoms with E-state index in [9.17, 15) is 4.79 Å². The molecule has 2 heteroatoms. The van der Waals surface area contributed by atoms with Gasteiger partial charge in [0.15, 0.2) is 5.78 Å². The van der Waals surface area contributed by atoms with Crippen LogP contribution in [0.25, 0.3) is 10.8 Å². The smallest absolute Gasteiger partial charge is 0.192 e. The van der Waals surface area contributed by atoms with Crippen LogP contribution in [-0.2, 0) is 11.2 Å². The molecule has 0 saturated heterocycles. The Morgan fingerprint density at radius 3 is 2.81 bits per heavy atom. The molecule has 0 spiro atoms. The zero-order valence-corrected chi connectivity index (χ0v) is 9.07. The van der Waals surface area contributed by atoms with Gasteiger partial charge in [-0.25, -0.2) is 0 Å². The van der Waals surface area contributed by atoms with Gasteiger partial charge in [0.05, 0.1) is 0 Å². The zero-order chi connectivity index (χ0) is 11.1. The second-order valence-electron chi connectivity index (χ2n) is 4.11. The SMILES string of the molecule is CO[C@H]1Cc2ccc3ccccc3c2C1=O. The van der Waals surface area contributed by atoms with Crippen LogP contribution in [0.3, 0.4) is 0 Å². The molecule has 1 aliphatic rings. The number of methoxy groups -OCH3 is 1.